The van der Waals surface area contributed by atoms with Gasteiger partial charge in [0.15, 0.2) is 0 Å². The Labute approximate surface area is 89.7 Å². The first-order valence-electron chi connectivity index (χ1n) is 5.11. The molecule has 86 valence electrons. The number of oxime groups is 1. The fourth-order valence-electron chi connectivity index (χ4n) is 1.57. The summed E-state index contributed by atoms with van der Waals surface area (Å²) < 4.78 is 5.24. The number of carbonyl (C=O) groups excluding carboxylic acids is 1. The minimum atomic E-state index is -0.486. The summed E-state index contributed by atoms with van der Waals surface area (Å²) in [7, 11) is 0. The molecular formula is C10H18N2O3. The summed E-state index contributed by atoms with van der Waals surface area (Å²) in [6.07, 6.45) is 2.76. The minimum Gasteiger partial charge on any atom is -0.444 e. The van der Waals surface area contributed by atoms with E-state index in [1.807, 2.05) is 20.8 Å². The lowest BCUT2D eigenvalue weighted by Crippen LogP contribution is -2.40. The Balaban J connectivity index is 2.59. The lowest BCUT2D eigenvalue weighted by Gasteiger charge is -2.26. The molecule has 0 unspecified atom stereocenters. The highest BCUT2D eigenvalue weighted by Gasteiger charge is 2.31. The van der Waals surface area contributed by atoms with Crippen molar-refractivity contribution in [1.29, 1.82) is 0 Å². The summed E-state index contributed by atoms with van der Waals surface area (Å²) in [6.45, 7) is 6.15. The van der Waals surface area contributed by atoms with E-state index in [-0.39, 0.29) is 12.1 Å². The fourth-order valence-corrected chi connectivity index (χ4v) is 1.57. The lowest BCUT2D eigenvalue weighted by molar-refractivity contribution is 0.0267. The van der Waals surface area contributed by atoms with Crippen LogP contribution in [-0.4, -0.2) is 40.6 Å². The van der Waals surface area contributed by atoms with Crippen LogP contribution in [0.15, 0.2) is 5.16 Å². The molecule has 5 nitrogen and oxygen atoms in total. The van der Waals surface area contributed by atoms with Gasteiger partial charge in [-0.15, -0.1) is 0 Å². The van der Waals surface area contributed by atoms with Crippen LogP contribution in [0.3, 0.4) is 0 Å². The molecule has 0 radical (unpaired) electrons. The first-order valence-corrected chi connectivity index (χ1v) is 5.11. The Bertz CT molecular complexity index is 258. The average molecular weight is 214 g/mol. The Hall–Kier alpha value is -1.26. The van der Waals surface area contributed by atoms with Gasteiger partial charge in [-0.25, -0.2) is 4.79 Å². The Morgan fingerprint density at radius 3 is 2.80 bits per heavy atom. The molecule has 1 aliphatic heterocycles. The van der Waals surface area contributed by atoms with Crippen LogP contribution in [0.1, 0.15) is 33.6 Å². The molecule has 15 heavy (non-hydrogen) atoms. The molecule has 0 saturated carbocycles. The summed E-state index contributed by atoms with van der Waals surface area (Å²) in [5.74, 6) is 0. The van der Waals surface area contributed by atoms with Gasteiger partial charge in [0.2, 0.25) is 0 Å². The van der Waals surface area contributed by atoms with E-state index in [2.05, 4.69) is 5.16 Å². The molecule has 1 amide bonds. The maximum Gasteiger partial charge on any atom is 0.410 e. The van der Waals surface area contributed by atoms with Crippen molar-refractivity contribution < 1.29 is 14.7 Å². The normalized spacial score (nSPS) is 22.3. The molecule has 5 heteroatoms. The molecule has 1 atom stereocenters. The summed E-state index contributed by atoms with van der Waals surface area (Å²) in [5.41, 5.74) is -0.486. The van der Waals surface area contributed by atoms with Crippen LogP contribution in [0.5, 0.6) is 0 Å². The molecule has 1 rings (SSSR count). The van der Waals surface area contributed by atoms with E-state index < -0.39 is 5.60 Å². The van der Waals surface area contributed by atoms with Crippen LogP contribution in [0.2, 0.25) is 0 Å². The molecule has 0 aromatic heterocycles. The van der Waals surface area contributed by atoms with Gasteiger partial charge in [-0.1, -0.05) is 5.16 Å². The standard InChI is InChI=1S/C10H18N2O3/c1-10(2,3)15-9(13)12-6-4-5-8(12)7-11-14/h7-8,14H,4-6H2,1-3H3/b11-7-/t8-/m0/s1. The van der Waals surface area contributed by atoms with Crippen LogP contribution < -0.4 is 0 Å². The van der Waals surface area contributed by atoms with E-state index in [1.165, 1.54) is 6.21 Å². The van der Waals surface area contributed by atoms with Gasteiger partial charge in [0.1, 0.15) is 5.60 Å². The molecule has 0 spiro atoms. The number of likely N-dealkylation sites (tertiary alicyclic amines) is 1. The molecule has 1 heterocycles. The predicted molar refractivity (Wildman–Crippen MR) is 56.2 cm³/mol. The van der Waals surface area contributed by atoms with Crippen LogP contribution in [0.25, 0.3) is 0 Å². The smallest absolute Gasteiger partial charge is 0.410 e. The number of nitrogens with zero attached hydrogens (tertiary/aromatic N) is 2. The van der Waals surface area contributed by atoms with E-state index in [0.29, 0.717) is 6.54 Å². The molecule has 1 fully saturated rings. The maximum absolute atomic E-state index is 11.7. The second-order valence-electron chi connectivity index (χ2n) is 4.65. The molecule has 0 bridgehead atoms. The van der Waals surface area contributed by atoms with Crippen molar-refractivity contribution >= 4 is 12.3 Å². The number of hydrogen-bond donors (Lipinski definition) is 1. The molecule has 0 aromatic rings. The Morgan fingerprint density at radius 1 is 1.60 bits per heavy atom. The van der Waals surface area contributed by atoms with Crippen molar-refractivity contribution in [2.75, 3.05) is 6.54 Å². The van der Waals surface area contributed by atoms with Crippen LogP contribution in [0, 0.1) is 0 Å². The highest BCUT2D eigenvalue weighted by Crippen LogP contribution is 2.19. The van der Waals surface area contributed by atoms with Crippen molar-refractivity contribution in [1.82, 2.24) is 4.90 Å². The topological polar surface area (TPSA) is 62.1 Å². The third kappa shape index (κ3) is 3.42. The third-order valence-electron chi connectivity index (χ3n) is 2.17. The summed E-state index contributed by atoms with van der Waals surface area (Å²) in [6, 6.07) is -0.134. The monoisotopic (exact) mass is 214 g/mol. The highest BCUT2D eigenvalue weighted by atomic mass is 16.6. The SMILES string of the molecule is CC(C)(C)OC(=O)N1CCC[C@H]1/C=N\O. The second kappa shape index (κ2) is 4.51. The van der Waals surface area contributed by atoms with E-state index in [0.717, 1.165) is 12.8 Å². The van der Waals surface area contributed by atoms with Crippen LogP contribution >= 0.6 is 0 Å². The molecule has 1 saturated heterocycles. The largest absolute Gasteiger partial charge is 0.444 e. The zero-order chi connectivity index (χ0) is 11.5. The molecule has 1 N–H and O–H groups in total. The Morgan fingerprint density at radius 2 is 2.27 bits per heavy atom. The summed E-state index contributed by atoms with van der Waals surface area (Å²) >= 11 is 0. The number of carbonyl (C=O) groups is 1. The van der Waals surface area contributed by atoms with E-state index in [4.69, 9.17) is 9.94 Å². The molecule has 1 aliphatic rings. The predicted octanol–water partition coefficient (Wildman–Crippen LogP) is 1.85. The van der Waals surface area contributed by atoms with E-state index in [9.17, 15) is 4.79 Å². The van der Waals surface area contributed by atoms with Gasteiger partial charge in [0.05, 0.1) is 12.3 Å². The van der Waals surface area contributed by atoms with Gasteiger partial charge in [-0.05, 0) is 33.6 Å². The van der Waals surface area contributed by atoms with Crippen molar-refractivity contribution in [3.05, 3.63) is 0 Å². The molecule has 0 aliphatic carbocycles. The summed E-state index contributed by atoms with van der Waals surface area (Å²) in [4.78, 5) is 13.3. The number of hydrogen-bond acceptors (Lipinski definition) is 4. The fraction of sp³-hybridized carbons (Fsp3) is 0.800. The van der Waals surface area contributed by atoms with Gasteiger partial charge in [-0.3, -0.25) is 0 Å². The first kappa shape index (κ1) is 11.8. The lowest BCUT2D eigenvalue weighted by atomic mass is 10.2. The van der Waals surface area contributed by atoms with Gasteiger partial charge in [0, 0.05) is 6.54 Å². The van der Waals surface area contributed by atoms with E-state index in [1.54, 1.807) is 4.90 Å². The van der Waals surface area contributed by atoms with Gasteiger partial charge >= 0.3 is 6.09 Å². The number of rotatable bonds is 1. The maximum atomic E-state index is 11.7. The van der Waals surface area contributed by atoms with Crippen LogP contribution in [0.4, 0.5) is 4.79 Å². The minimum absolute atomic E-state index is 0.134. The van der Waals surface area contributed by atoms with Crippen LogP contribution in [-0.2, 0) is 4.74 Å². The van der Waals surface area contributed by atoms with Crippen molar-refractivity contribution in [3.8, 4) is 0 Å². The number of ether oxygens (including phenoxy) is 1. The molecule has 0 aromatic carbocycles. The average Bonchev–Trinajstić information content (AvgIpc) is 2.49. The number of amides is 1. The van der Waals surface area contributed by atoms with Gasteiger partial charge in [0.25, 0.3) is 0 Å². The highest BCUT2D eigenvalue weighted by molar-refractivity contribution is 5.76. The summed E-state index contributed by atoms with van der Waals surface area (Å²) in [5, 5.41) is 11.4. The van der Waals surface area contributed by atoms with Gasteiger partial charge < -0.3 is 14.8 Å². The van der Waals surface area contributed by atoms with Gasteiger partial charge in [-0.2, -0.15) is 0 Å². The third-order valence-corrected chi connectivity index (χ3v) is 2.17. The van der Waals surface area contributed by atoms with Crippen molar-refractivity contribution in [2.45, 2.75) is 45.3 Å². The van der Waals surface area contributed by atoms with Crippen molar-refractivity contribution in [3.63, 3.8) is 0 Å². The molecular weight excluding hydrogens is 196 g/mol. The zero-order valence-electron chi connectivity index (χ0n) is 9.43. The quantitative estimate of drug-likeness (QED) is 0.411. The zero-order valence-corrected chi connectivity index (χ0v) is 9.43. The second-order valence-corrected chi connectivity index (χ2v) is 4.65. The van der Waals surface area contributed by atoms with E-state index >= 15 is 0 Å². The Kier molecular flexibility index (Phi) is 3.55. The van der Waals surface area contributed by atoms with Crippen molar-refractivity contribution in [2.24, 2.45) is 5.16 Å². The first-order chi connectivity index (χ1) is 6.94.